The third-order valence-corrected chi connectivity index (χ3v) is 14.5. The first-order valence-electron chi connectivity index (χ1n) is 29.7. The molecule has 0 aromatic carbocycles. The van der Waals surface area contributed by atoms with Crippen LogP contribution >= 0.6 is 0 Å². The number of aliphatic hydroxyl groups is 7. The number of carbonyl (C=O) groups excluding carboxylic acids is 1. The smallest absolute Gasteiger partial charge is 0.249 e. The van der Waals surface area contributed by atoms with E-state index in [0.717, 1.165) is 38.5 Å². The van der Waals surface area contributed by atoms with Crippen molar-refractivity contribution in [3.8, 4) is 0 Å². The predicted molar refractivity (Wildman–Crippen MR) is 289 cm³/mol. The summed E-state index contributed by atoms with van der Waals surface area (Å²) in [6.07, 6.45) is 47.0. The molecular weight excluding hydrogens is 883 g/mol. The van der Waals surface area contributed by atoms with Gasteiger partial charge in [0, 0.05) is 0 Å². The molecule has 0 spiro atoms. The van der Waals surface area contributed by atoms with Crippen LogP contribution in [0, 0.1) is 0 Å². The minimum atomic E-state index is -1.67. The fraction of sp³-hybridized carbons (Fsp3) is 0.915. The molecule has 1 fully saturated rings. The molecule has 11 heteroatoms. The highest BCUT2D eigenvalue weighted by Gasteiger charge is 2.44. The molecule has 0 saturated carbocycles. The quantitative estimate of drug-likeness (QED) is 0.0215. The largest absolute Gasteiger partial charge is 0.394 e. The van der Waals surface area contributed by atoms with Gasteiger partial charge in [0.25, 0.3) is 0 Å². The maximum atomic E-state index is 13.1. The lowest BCUT2D eigenvalue weighted by atomic mass is 9.98. The van der Waals surface area contributed by atoms with Gasteiger partial charge in [0.15, 0.2) is 6.29 Å². The number of unbranched alkanes of at least 4 members (excludes halogenated alkanes) is 35. The number of aliphatic hydroxyl groups excluding tert-OH is 7. The number of amides is 1. The highest BCUT2D eigenvalue weighted by atomic mass is 16.7. The van der Waals surface area contributed by atoms with Crippen LogP contribution in [0.4, 0.5) is 0 Å². The molecule has 11 nitrogen and oxygen atoms in total. The second-order valence-corrected chi connectivity index (χ2v) is 21.1. The van der Waals surface area contributed by atoms with Crippen molar-refractivity contribution in [1.82, 2.24) is 5.32 Å². The first kappa shape index (κ1) is 66.6. The van der Waals surface area contributed by atoms with Gasteiger partial charge < -0.3 is 50.5 Å². The van der Waals surface area contributed by atoms with E-state index in [1.165, 1.54) is 193 Å². The summed E-state index contributed by atoms with van der Waals surface area (Å²) in [5.74, 6) is -0.709. The van der Waals surface area contributed by atoms with Crippen molar-refractivity contribution in [2.45, 2.75) is 332 Å². The number of nitrogens with one attached hydrogen (secondary N) is 1. The van der Waals surface area contributed by atoms with E-state index in [4.69, 9.17) is 9.47 Å². The highest BCUT2D eigenvalue weighted by molar-refractivity contribution is 5.80. The fourth-order valence-electron chi connectivity index (χ4n) is 9.64. The zero-order chi connectivity index (χ0) is 51.1. The Balaban J connectivity index is 2.24. The Morgan fingerprint density at radius 3 is 1.27 bits per heavy atom. The zero-order valence-electron chi connectivity index (χ0n) is 45.3. The Hall–Kier alpha value is -1.41. The summed E-state index contributed by atoms with van der Waals surface area (Å²) in [5, 5.41) is 75.9. The Bertz CT molecular complexity index is 1190. The van der Waals surface area contributed by atoms with Gasteiger partial charge >= 0.3 is 0 Å². The molecule has 1 rings (SSSR count). The summed E-state index contributed by atoms with van der Waals surface area (Å²) >= 11 is 0. The Morgan fingerprint density at radius 2 is 0.857 bits per heavy atom. The van der Waals surface area contributed by atoms with Gasteiger partial charge in [-0.05, 0) is 51.4 Å². The molecule has 1 aliphatic rings. The molecule has 0 radical (unpaired) electrons. The van der Waals surface area contributed by atoms with E-state index in [-0.39, 0.29) is 12.8 Å². The van der Waals surface area contributed by atoms with Gasteiger partial charge in [-0.25, -0.2) is 0 Å². The molecule has 70 heavy (non-hydrogen) atoms. The Kier molecular flexibility index (Phi) is 46.2. The summed E-state index contributed by atoms with van der Waals surface area (Å²) < 4.78 is 11.1. The first-order chi connectivity index (χ1) is 34.2. The highest BCUT2D eigenvalue weighted by Crippen LogP contribution is 2.23. The van der Waals surface area contributed by atoms with E-state index in [1.54, 1.807) is 0 Å². The molecule has 9 atom stereocenters. The van der Waals surface area contributed by atoms with Crippen LogP contribution < -0.4 is 5.32 Å². The standard InChI is InChI=1S/C59H113NO10/c1-3-5-7-9-11-13-15-17-18-19-20-21-22-23-24-25-26-27-28-29-30-31-32-33-34-35-37-38-40-42-44-46-51(62)54(64)50(49-69-59-57(67)56(66)55(65)53(48-61)70-59)60-58(68)52(63)47-45-43-41-39-36-16-14-12-10-8-6-4-2/h33-34,38,40,50-57,59,61-67H,3-32,35-37,39,41-49H2,1-2H3,(H,60,68)/b34-33+,40-38+. The topological polar surface area (TPSA) is 189 Å². The van der Waals surface area contributed by atoms with Crippen LogP contribution in [-0.4, -0.2) is 110 Å². The number of ether oxygens (including phenoxy) is 2. The van der Waals surface area contributed by atoms with Crippen molar-refractivity contribution in [3.05, 3.63) is 24.3 Å². The van der Waals surface area contributed by atoms with Crippen molar-refractivity contribution in [2.24, 2.45) is 0 Å². The normalized spacial score (nSPS) is 20.4. The third-order valence-electron chi connectivity index (χ3n) is 14.5. The molecule has 0 aromatic rings. The average Bonchev–Trinajstić information content (AvgIpc) is 3.36. The summed E-state index contributed by atoms with van der Waals surface area (Å²) in [5.41, 5.74) is 0. The molecule has 414 valence electrons. The van der Waals surface area contributed by atoms with Gasteiger partial charge in [-0.15, -0.1) is 0 Å². The maximum Gasteiger partial charge on any atom is 0.249 e. The van der Waals surface area contributed by atoms with Crippen LogP contribution in [0.15, 0.2) is 24.3 Å². The van der Waals surface area contributed by atoms with Gasteiger partial charge in [0.1, 0.15) is 36.6 Å². The summed E-state index contributed by atoms with van der Waals surface area (Å²) in [6.45, 7) is 3.44. The number of allylic oxidation sites excluding steroid dienone is 4. The molecule has 9 unspecified atom stereocenters. The van der Waals surface area contributed by atoms with Crippen molar-refractivity contribution in [1.29, 1.82) is 0 Å². The molecule has 0 aromatic heterocycles. The Morgan fingerprint density at radius 1 is 0.486 bits per heavy atom. The monoisotopic (exact) mass is 996 g/mol. The van der Waals surface area contributed by atoms with Crippen LogP contribution in [0.3, 0.4) is 0 Å². The predicted octanol–water partition coefficient (Wildman–Crippen LogP) is 12.5. The third kappa shape index (κ3) is 36.5. The summed E-state index contributed by atoms with van der Waals surface area (Å²) in [7, 11) is 0. The van der Waals surface area contributed by atoms with Gasteiger partial charge in [0.2, 0.25) is 5.91 Å². The van der Waals surface area contributed by atoms with Crippen LogP contribution in [0.1, 0.15) is 277 Å². The lowest BCUT2D eigenvalue weighted by Crippen LogP contribution is -2.60. The number of rotatable bonds is 51. The SMILES string of the molecule is CCCCCCCCCCCCCCCCCCCCCCCC/C=C/CC/C=C/CCCC(O)C(O)C(COC1OC(CO)C(O)C(O)C1O)NC(=O)C(O)CCCCCCCCCCCCCC. The molecule has 0 bridgehead atoms. The van der Waals surface area contributed by atoms with Crippen LogP contribution in [0.2, 0.25) is 0 Å². The summed E-state index contributed by atoms with van der Waals surface area (Å²) in [6, 6.07) is -1.19. The molecule has 1 saturated heterocycles. The minimum absolute atomic E-state index is 0.249. The van der Waals surface area contributed by atoms with E-state index in [1.807, 2.05) is 0 Å². The van der Waals surface area contributed by atoms with Gasteiger partial charge in [-0.3, -0.25) is 4.79 Å². The maximum absolute atomic E-state index is 13.1. The first-order valence-corrected chi connectivity index (χ1v) is 29.7. The summed E-state index contributed by atoms with van der Waals surface area (Å²) in [4.78, 5) is 13.1. The zero-order valence-corrected chi connectivity index (χ0v) is 45.3. The van der Waals surface area contributed by atoms with Crippen LogP contribution in [0.5, 0.6) is 0 Å². The molecule has 0 aliphatic carbocycles. The van der Waals surface area contributed by atoms with Crippen LogP contribution in [-0.2, 0) is 14.3 Å². The molecule has 8 N–H and O–H groups in total. The minimum Gasteiger partial charge on any atom is -0.394 e. The second-order valence-electron chi connectivity index (χ2n) is 21.1. The lowest BCUT2D eigenvalue weighted by Gasteiger charge is -2.40. The number of hydrogen-bond acceptors (Lipinski definition) is 10. The lowest BCUT2D eigenvalue weighted by molar-refractivity contribution is -0.303. The van der Waals surface area contributed by atoms with Gasteiger partial charge in [0.05, 0.1) is 25.4 Å². The van der Waals surface area contributed by atoms with Crippen molar-refractivity contribution in [2.75, 3.05) is 13.2 Å². The van der Waals surface area contributed by atoms with E-state index >= 15 is 0 Å². The van der Waals surface area contributed by atoms with Crippen molar-refractivity contribution < 1.29 is 50.0 Å². The van der Waals surface area contributed by atoms with E-state index in [9.17, 15) is 40.5 Å². The van der Waals surface area contributed by atoms with Gasteiger partial charge in [-0.2, -0.15) is 0 Å². The van der Waals surface area contributed by atoms with Crippen molar-refractivity contribution in [3.63, 3.8) is 0 Å². The van der Waals surface area contributed by atoms with Gasteiger partial charge in [-0.1, -0.05) is 250 Å². The van der Waals surface area contributed by atoms with Crippen molar-refractivity contribution >= 4 is 5.91 Å². The molecule has 1 aliphatic heterocycles. The fourth-order valence-corrected chi connectivity index (χ4v) is 9.64. The molecule has 1 amide bonds. The van der Waals surface area contributed by atoms with E-state index in [0.29, 0.717) is 19.3 Å². The van der Waals surface area contributed by atoms with Crippen LogP contribution in [0.25, 0.3) is 0 Å². The van der Waals surface area contributed by atoms with E-state index < -0.39 is 74.2 Å². The Labute approximate surface area is 429 Å². The number of hydrogen-bond donors (Lipinski definition) is 8. The number of carbonyl (C=O) groups is 1. The second kappa shape index (κ2) is 48.5. The molecular formula is C59H113NO10. The molecule has 1 heterocycles. The average molecular weight is 997 g/mol. The van der Waals surface area contributed by atoms with E-state index in [2.05, 4.69) is 43.5 Å².